The van der Waals surface area contributed by atoms with Crippen LogP contribution in [0.4, 0.5) is 0 Å². The first-order valence-electron chi connectivity index (χ1n) is 24.2. The summed E-state index contributed by atoms with van der Waals surface area (Å²) in [6.45, 7) is 3.42. The van der Waals surface area contributed by atoms with E-state index in [1.54, 1.807) is 74.6 Å². The van der Waals surface area contributed by atoms with Crippen molar-refractivity contribution in [1.29, 1.82) is 0 Å². The normalized spacial score (nSPS) is 14.7. The average molecular weight is 1090 g/mol. The molecule has 23 nitrogen and oxygen atoms in total. The van der Waals surface area contributed by atoms with Gasteiger partial charge in [0.1, 0.15) is 48.0 Å². The molecule has 0 saturated carbocycles. The fourth-order valence-corrected chi connectivity index (χ4v) is 8.34. The number of amides is 7. The van der Waals surface area contributed by atoms with Crippen molar-refractivity contribution in [2.75, 3.05) is 11.5 Å². The third-order valence-corrected chi connectivity index (χ3v) is 13.2. The number of nitrogens with one attached hydrogen (secondary N) is 9. The number of thiol groups is 2. The predicted octanol–water partition coefficient (Wildman–Crippen LogP) is 0.0531. The van der Waals surface area contributed by atoms with Gasteiger partial charge in [0.15, 0.2) is 0 Å². The van der Waals surface area contributed by atoms with E-state index in [9.17, 15) is 58.5 Å². The Balaban J connectivity index is 1.45. The van der Waals surface area contributed by atoms with Crippen molar-refractivity contribution in [3.63, 3.8) is 0 Å². The number of carboxylic acids is 2. The second-order valence-corrected chi connectivity index (χ2v) is 18.8. The van der Waals surface area contributed by atoms with Crippen LogP contribution in [-0.2, 0) is 68.8 Å². The summed E-state index contributed by atoms with van der Waals surface area (Å²) in [4.78, 5) is 133. The van der Waals surface area contributed by atoms with Crippen LogP contribution in [0.5, 0.6) is 5.75 Å². The minimum absolute atomic E-state index is 0.0344. The highest BCUT2D eigenvalue weighted by atomic mass is 32.1. The zero-order chi connectivity index (χ0) is 55.5. The van der Waals surface area contributed by atoms with Gasteiger partial charge >= 0.3 is 11.9 Å². The van der Waals surface area contributed by atoms with Gasteiger partial charge in [-0.1, -0.05) is 80.9 Å². The SMILES string of the molecule is CC[C@H](C)[C@H](NC(=O)[C@H](Cc1cnc[nH]1)NC(=O)[C@@H](N)CS)C(=O)N[C@@H](Cc1ccc(O)cc1)C(=O)N[C@@H](CC(=O)O)C(=O)N[C@@H](Cc1c[nH]c2ccccc12)C(=O)N[C@@H](Cc1ccccc1)C(=O)N[C@@H](CS)C(=O)O. The predicted molar refractivity (Wildman–Crippen MR) is 285 cm³/mol. The lowest BCUT2D eigenvalue weighted by atomic mass is 9.96. The molecule has 7 amide bonds. The fourth-order valence-electron chi connectivity index (χ4n) is 7.93. The van der Waals surface area contributed by atoms with Gasteiger partial charge in [-0.3, -0.25) is 38.4 Å². The molecule has 3 aromatic carbocycles. The summed E-state index contributed by atoms with van der Waals surface area (Å²) in [5.74, 6) is -10.3. The largest absolute Gasteiger partial charge is 0.508 e. The molecule has 2 aromatic heterocycles. The molecule has 5 rings (SSSR count). The number of nitrogens with zero attached hydrogens (tertiary/aromatic N) is 1. The summed E-state index contributed by atoms with van der Waals surface area (Å²) < 4.78 is 0. The van der Waals surface area contributed by atoms with Crippen LogP contribution < -0.4 is 43.0 Å². The van der Waals surface area contributed by atoms with Crippen LogP contribution in [0.3, 0.4) is 0 Å². The minimum atomic E-state index is -1.90. The van der Waals surface area contributed by atoms with Crippen LogP contribution in [0, 0.1) is 5.92 Å². The van der Waals surface area contributed by atoms with Gasteiger partial charge < -0.3 is 68.2 Å². The second kappa shape index (κ2) is 28.7. The first-order chi connectivity index (χ1) is 36.3. The van der Waals surface area contributed by atoms with Gasteiger partial charge in [-0.15, -0.1) is 0 Å². The molecule has 0 aliphatic heterocycles. The van der Waals surface area contributed by atoms with E-state index in [0.717, 1.165) is 0 Å². The standard InChI is InChI=1S/C51H63N11O12S2/c1-3-27(2)43(62-49(71)39(20-31-23-53-26-55-31)56-44(66)34(52)24-75)50(72)60-37(18-29-13-15-32(63)16-14-29)45(67)59-40(21-42(64)65)48(70)58-38(19-30-22-54-35-12-8-7-11-33(30)35)47(69)57-36(17-28-9-5-4-6-10-28)46(68)61-41(25-76)51(73)74/h4-16,22-23,26-27,34,36-41,43,54,63,75-76H,3,17-21,24-25,52H2,1-2H3,(H,53,55)(H,56,66)(H,57,69)(H,58,70)(H,59,67)(H,60,72)(H,61,68)(H,62,71)(H,64,65)(H,73,74)/t27-,34-,36-,37-,38-,39-,40-,41-,43-/m0/s1. The van der Waals surface area contributed by atoms with Gasteiger partial charge in [0.2, 0.25) is 41.4 Å². The lowest BCUT2D eigenvalue weighted by Crippen LogP contribution is -2.61. The van der Waals surface area contributed by atoms with E-state index in [0.29, 0.717) is 39.7 Å². The topological polar surface area (TPSA) is 369 Å². The van der Waals surface area contributed by atoms with Crippen molar-refractivity contribution in [1.82, 2.24) is 52.2 Å². The lowest BCUT2D eigenvalue weighted by Gasteiger charge is -2.29. The monoisotopic (exact) mass is 1090 g/mol. The van der Waals surface area contributed by atoms with Crippen molar-refractivity contribution in [2.45, 2.75) is 101 Å². The Morgan fingerprint density at radius 1 is 0.592 bits per heavy atom. The van der Waals surface area contributed by atoms with Gasteiger partial charge in [-0.25, -0.2) is 9.78 Å². The number of phenols is 1. The molecule has 2 heterocycles. The number of hydrogen-bond acceptors (Lipinski definition) is 14. The van der Waals surface area contributed by atoms with Gasteiger partial charge in [-0.2, -0.15) is 25.3 Å². The van der Waals surface area contributed by atoms with E-state index in [2.05, 4.69) is 77.4 Å². The van der Waals surface area contributed by atoms with Crippen LogP contribution in [-0.4, -0.2) is 143 Å². The van der Waals surface area contributed by atoms with E-state index in [4.69, 9.17) is 5.73 Å². The van der Waals surface area contributed by atoms with Crippen molar-refractivity contribution < 1.29 is 58.5 Å². The first-order valence-corrected chi connectivity index (χ1v) is 25.5. The maximum Gasteiger partial charge on any atom is 0.327 e. The molecule has 406 valence electrons. The number of aliphatic carboxylic acids is 2. The summed E-state index contributed by atoms with van der Waals surface area (Å²) in [6.07, 6.45) is 3.02. The van der Waals surface area contributed by atoms with Crippen LogP contribution in [0.1, 0.15) is 49.1 Å². The van der Waals surface area contributed by atoms with Gasteiger partial charge in [0.05, 0.1) is 18.8 Å². The van der Waals surface area contributed by atoms with Crippen molar-refractivity contribution >= 4 is 89.4 Å². The number of aromatic amines is 2. The number of phenolic OH excluding ortho intramolecular Hbond substituents is 1. The Labute approximate surface area is 447 Å². The van der Waals surface area contributed by atoms with Crippen LogP contribution >= 0.6 is 25.3 Å². The number of imidazole rings is 1. The molecule has 5 aromatic rings. The highest BCUT2D eigenvalue weighted by molar-refractivity contribution is 7.80. The van der Waals surface area contributed by atoms with Crippen molar-refractivity contribution in [3.8, 4) is 5.75 Å². The number of hydrogen-bond donors (Lipinski definition) is 15. The molecular formula is C51H63N11O12S2. The highest BCUT2D eigenvalue weighted by Gasteiger charge is 2.37. The van der Waals surface area contributed by atoms with Gasteiger partial charge in [-0.05, 0) is 40.8 Å². The van der Waals surface area contributed by atoms with E-state index in [-0.39, 0.29) is 42.9 Å². The molecule has 0 radical (unpaired) electrons. The molecule has 14 N–H and O–H groups in total. The maximum absolute atomic E-state index is 14.5. The molecular weight excluding hydrogens is 1020 g/mol. The number of H-pyrrole nitrogens is 2. The number of carbonyl (C=O) groups excluding carboxylic acids is 7. The molecule has 25 heteroatoms. The Hall–Kier alpha value is -7.90. The van der Waals surface area contributed by atoms with Crippen molar-refractivity contribution in [2.24, 2.45) is 11.7 Å². The Bertz CT molecular complexity index is 2800. The molecule has 0 unspecified atom stereocenters. The molecule has 0 saturated heterocycles. The number of rotatable bonds is 29. The van der Waals surface area contributed by atoms with E-state index in [1.165, 1.54) is 36.8 Å². The molecule has 0 spiro atoms. The molecule has 9 atom stereocenters. The minimum Gasteiger partial charge on any atom is -0.508 e. The zero-order valence-corrected chi connectivity index (χ0v) is 43.3. The third-order valence-electron chi connectivity index (χ3n) is 12.4. The molecule has 0 aliphatic carbocycles. The van der Waals surface area contributed by atoms with E-state index < -0.39 is 114 Å². The third kappa shape index (κ3) is 17.3. The molecule has 76 heavy (non-hydrogen) atoms. The number of para-hydroxylation sites is 1. The lowest BCUT2D eigenvalue weighted by molar-refractivity contribution is -0.141. The Kier molecular flexibility index (Phi) is 22.3. The quantitative estimate of drug-likeness (QED) is 0.0282. The number of carbonyl (C=O) groups is 9. The number of nitrogens with two attached hydrogens (primary N) is 1. The zero-order valence-electron chi connectivity index (χ0n) is 41.5. The van der Waals surface area contributed by atoms with Crippen LogP contribution in [0.2, 0.25) is 0 Å². The Morgan fingerprint density at radius 3 is 1.67 bits per heavy atom. The average Bonchev–Trinajstić information content (AvgIpc) is 4.08. The Morgan fingerprint density at radius 2 is 1.11 bits per heavy atom. The van der Waals surface area contributed by atoms with Crippen LogP contribution in [0.15, 0.2) is 97.6 Å². The number of aromatic hydroxyl groups is 1. The van der Waals surface area contributed by atoms with Gasteiger partial charge in [0, 0.05) is 66.2 Å². The van der Waals surface area contributed by atoms with Crippen LogP contribution in [0.25, 0.3) is 10.9 Å². The van der Waals surface area contributed by atoms with E-state index >= 15 is 0 Å². The highest BCUT2D eigenvalue weighted by Crippen LogP contribution is 2.20. The smallest absolute Gasteiger partial charge is 0.327 e. The summed E-state index contributed by atoms with van der Waals surface area (Å²) in [5, 5.41) is 48.4. The number of aromatic nitrogens is 3. The second-order valence-electron chi connectivity index (χ2n) is 18.1. The maximum atomic E-state index is 14.5. The first kappa shape index (κ1) is 59.0. The number of carboxylic acid groups (broad SMARTS) is 2. The van der Waals surface area contributed by atoms with Crippen molar-refractivity contribution in [3.05, 3.63) is 120 Å². The number of fused-ring (bicyclic) bond motifs is 1. The summed E-state index contributed by atoms with van der Waals surface area (Å²) in [7, 11) is 0. The summed E-state index contributed by atoms with van der Waals surface area (Å²) >= 11 is 8.11. The fraction of sp³-hybridized carbons (Fsp3) is 0.373. The molecule has 0 bridgehead atoms. The summed E-state index contributed by atoms with van der Waals surface area (Å²) in [6, 6.07) is 9.63. The number of benzene rings is 3. The van der Waals surface area contributed by atoms with Gasteiger partial charge in [0.25, 0.3) is 0 Å². The summed E-state index contributed by atoms with van der Waals surface area (Å²) in [5.41, 5.74) is 8.54. The molecule has 0 aliphatic rings. The molecule has 0 fully saturated rings. The van der Waals surface area contributed by atoms with E-state index in [1.807, 2.05) is 0 Å².